The molecule has 2 heterocycles. The molecule has 1 aliphatic heterocycles. The van der Waals surface area contributed by atoms with E-state index in [2.05, 4.69) is 4.98 Å². The quantitative estimate of drug-likeness (QED) is 0.816. The minimum atomic E-state index is 0.0769. The number of imidazole rings is 1. The van der Waals surface area contributed by atoms with Gasteiger partial charge in [-0.15, -0.1) is 0 Å². The fraction of sp³-hybridized carbons (Fsp3) is 0.385. The number of hydrogen-bond acceptors (Lipinski definition) is 4. The van der Waals surface area contributed by atoms with Crippen LogP contribution >= 0.6 is 0 Å². The van der Waals surface area contributed by atoms with Crippen LogP contribution in [0.15, 0.2) is 18.2 Å². The molecule has 5 heteroatoms. The molecule has 1 aromatic carbocycles. The lowest BCUT2D eigenvalue weighted by Crippen LogP contribution is -2.31. The monoisotopic (exact) mass is 245 g/mol. The van der Waals surface area contributed by atoms with Gasteiger partial charge < -0.3 is 10.5 Å². The standard InChI is InChI=1S/C13H15N3O2/c1-8-15-11-5-10(14)2-3-12(11)16(8)13(17)4-9-6-18-7-9/h2-3,5,9H,4,6-7,14H2,1H3. The smallest absolute Gasteiger partial charge is 0.232 e. The molecule has 5 nitrogen and oxygen atoms in total. The second-order valence-electron chi connectivity index (χ2n) is 4.74. The van der Waals surface area contributed by atoms with Gasteiger partial charge in [0.25, 0.3) is 0 Å². The number of hydrogen-bond donors (Lipinski definition) is 1. The van der Waals surface area contributed by atoms with Crippen LogP contribution < -0.4 is 5.73 Å². The normalized spacial score (nSPS) is 15.8. The van der Waals surface area contributed by atoms with Gasteiger partial charge in [-0.2, -0.15) is 0 Å². The molecule has 0 radical (unpaired) electrons. The highest BCUT2D eigenvalue weighted by atomic mass is 16.5. The first kappa shape index (κ1) is 11.2. The highest BCUT2D eigenvalue weighted by Crippen LogP contribution is 2.21. The SMILES string of the molecule is Cc1nc2cc(N)ccc2n1C(=O)CC1COC1. The third kappa shape index (κ3) is 1.76. The van der Waals surface area contributed by atoms with Crippen molar-refractivity contribution in [3.05, 3.63) is 24.0 Å². The molecular weight excluding hydrogens is 230 g/mol. The van der Waals surface area contributed by atoms with E-state index in [0.717, 1.165) is 11.0 Å². The minimum absolute atomic E-state index is 0.0769. The predicted octanol–water partition coefficient (Wildman–Crippen LogP) is 1.60. The Hall–Kier alpha value is -1.88. The Morgan fingerprint density at radius 3 is 3.00 bits per heavy atom. The number of aromatic nitrogens is 2. The number of rotatable bonds is 2. The molecule has 0 atom stereocenters. The lowest BCUT2D eigenvalue weighted by molar-refractivity contribution is -0.0332. The minimum Gasteiger partial charge on any atom is -0.399 e. The zero-order valence-electron chi connectivity index (χ0n) is 10.2. The van der Waals surface area contributed by atoms with Gasteiger partial charge in [-0.3, -0.25) is 9.36 Å². The molecule has 1 aliphatic rings. The maximum absolute atomic E-state index is 12.3. The van der Waals surface area contributed by atoms with E-state index in [1.54, 1.807) is 16.7 Å². The summed E-state index contributed by atoms with van der Waals surface area (Å²) in [5.74, 6) is 1.14. The van der Waals surface area contributed by atoms with Crippen molar-refractivity contribution in [2.24, 2.45) is 5.92 Å². The van der Waals surface area contributed by atoms with E-state index in [9.17, 15) is 4.79 Å². The van der Waals surface area contributed by atoms with Gasteiger partial charge in [0.1, 0.15) is 5.82 Å². The first-order chi connectivity index (χ1) is 8.65. The van der Waals surface area contributed by atoms with Gasteiger partial charge >= 0.3 is 0 Å². The summed E-state index contributed by atoms with van der Waals surface area (Å²) in [4.78, 5) is 16.6. The summed E-state index contributed by atoms with van der Waals surface area (Å²) in [7, 11) is 0. The number of nitrogens with zero attached hydrogens (tertiary/aromatic N) is 2. The van der Waals surface area contributed by atoms with Gasteiger partial charge in [0, 0.05) is 18.0 Å². The summed E-state index contributed by atoms with van der Waals surface area (Å²) in [5.41, 5.74) is 7.97. The van der Waals surface area contributed by atoms with Crippen molar-refractivity contribution in [3.8, 4) is 0 Å². The van der Waals surface area contributed by atoms with Crippen LogP contribution in [0.4, 0.5) is 5.69 Å². The molecule has 0 aliphatic carbocycles. The zero-order valence-corrected chi connectivity index (χ0v) is 10.2. The molecule has 0 bridgehead atoms. The average molecular weight is 245 g/mol. The number of aryl methyl sites for hydroxylation is 1. The van der Waals surface area contributed by atoms with Crippen LogP contribution in [-0.4, -0.2) is 28.7 Å². The summed E-state index contributed by atoms with van der Waals surface area (Å²) in [6, 6.07) is 5.43. The van der Waals surface area contributed by atoms with Crippen molar-refractivity contribution in [2.45, 2.75) is 13.3 Å². The molecule has 3 rings (SSSR count). The molecule has 1 saturated heterocycles. The van der Waals surface area contributed by atoms with Crippen LogP contribution in [0.25, 0.3) is 11.0 Å². The molecule has 1 aromatic heterocycles. The molecule has 0 unspecified atom stereocenters. The number of carbonyl (C=O) groups excluding carboxylic acids is 1. The molecule has 2 N–H and O–H groups in total. The summed E-state index contributed by atoms with van der Waals surface area (Å²) in [6.45, 7) is 3.21. The Morgan fingerprint density at radius 1 is 1.56 bits per heavy atom. The first-order valence-corrected chi connectivity index (χ1v) is 6.00. The average Bonchev–Trinajstić information content (AvgIpc) is 2.58. The molecule has 0 saturated carbocycles. The van der Waals surface area contributed by atoms with Crippen LogP contribution in [0.2, 0.25) is 0 Å². The predicted molar refractivity (Wildman–Crippen MR) is 68.4 cm³/mol. The Labute approximate surface area is 105 Å². The van der Waals surface area contributed by atoms with Crippen molar-refractivity contribution >= 4 is 22.6 Å². The lowest BCUT2D eigenvalue weighted by Gasteiger charge is -2.25. The Bertz CT molecular complexity index is 614. The summed E-state index contributed by atoms with van der Waals surface area (Å²) < 4.78 is 6.77. The van der Waals surface area contributed by atoms with Crippen LogP contribution in [0, 0.1) is 12.8 Å². The van der Waals surface area contributed by atoms with E-state index in [0.29, 0.717) is 37.1 Å². The molecule has 1 fully saturated rings. The highest BCUT2D eigenvalue weighted by Gasteiger charge is 2.24. The second-order valence-corrected chi connectivity index (χ2v) is 4.74. The van der Waals surface area contributed by atoms with Crippen molar-refractivity contribution < 1.29 is 9.53 Å². The Kier molecular flexibility index (Phi) is 2.56. The topological polar surface area (TPSA) is 70.1 Å². The maximum atomic E-state index is 12.3. The second kappa shape index (κ2) is 4.10. The maximum Gasteiger partial charge on any atom is 0.232 e. The fourth-order valence-corrected chi connectivity index (χ4v) is 2.27. The largest absolute Gasteiger partial charge is 0.399 e. The molecule has 18 heavy (non-hydrogen) atoms. The van der Waals surface area contributed by atoms with Gasteiger partial charge in [-0.25, -0.2) is 4.98 Å². The number of carbonyl (C=O) groups is 1. The zero-order chi connectivity index (χ0) is 12.7. The summed E-state index contributed by atoms with van der Waals surface area (Å²) in [5, 5.41) is 0. The van der Waals surface area contributed by atoms with Crippen LogP contribution in [-0.2, 0) is 4.74 Å². The lowest BCUT2D eigenvalue weighted by atomic mass is 10.0. The van der Waals surface area contributed by atoms with E-state index in [1.807, 2.05) is 13.0 Å². The van der Waals surface area contributed by atoms with Crippen LogP contribution in [0.3, 0.4) is 0 Å². The van der Waals surface area contributed by atoms with Gasteiger partial charge in [-0.1, -0.05) is 0 Å². The Morgan fingerprint density at radius 2 is 2.33 bits per heavy atom. The van der Waals surface area contributed by atoms with E-state index in [-0.39, 0.29) is 5.91 Å². The van der Waals surface area contributed by atoms with Crippen molar-refractivity contribution in [3.63, 3.8) is 0 Å². The number of nitrogen functional groups attached to an aromatic ring is 1. The first-order valence-electron chi connectivity index (χ1n) is 6.00. The van der Waals surface area contributed by atoms with E-state index in [4.69, 9.17) is 10.5 Å². The molecular formula is C13H15N3O2. The van der Waals surface area contributed by atoms with Crippen molar-refractivity contribution in [1.29, 1.82) is 0 Å². The fourth-order valence-electron chi connectivity index (χ4n) is 2.27. The number of fused-ring (bicyclic) bond motifs is 1. The van der Waals surface area contributed by atoms with Crippen molar-refractivity contribution in [1.82, 2.24) is 9.55 Å². The van der Waals surface area contributed by atoms with Crippen LogP contribution in [0.1, 0.15) is 17.0 Å². The van der Waals surface area contributed by atoms with Gasteiger partial charge in [0.05, 0.1) is 24.2 Å². The van der Waals surface area contributed by atoms with Gasteiger partial charge in [0.2, 0.25) is 5.91 Å². The van der Waals surface area contributed by atoms with Crippen LogP contribution in [0.5, 0.6) is 0 Å². The molecule has 0 spiro atoms. The number of ether oxygens (including phenoxy) is 1. The van der Waals surface area contributed by atoms with E-state index >= 15 is 0 Å². The molecule has 0 amide bonds. The summed E-state index contributed by atoms with van der Waals surface area (Å²) in [6.07, 6.45) is 0.511. The van der Waals surface area contributed by atoms with Gasteiger partial charge in [-0.05, 0) is 25.1 Å². The van der Waals surface area contributed by atoms with Gasteiger partial charge in [0.15, 0.2) is 0 Å². The third-order valence-corrected chi connectivity index (χ3v) is 3.27. The highest BCUT2D eigenvalue weighted by molar-refractivity contribution is 5.92. The molecule has 94 valence electrons. The van der Waals surface area contributed by atoms with E-state index in [1.165, 1.54) is 0 Å². The van der Waals surface area contributed by atoms with E-state index < -0.39 is 0 Å². The Balaban J connectivity index is 1.99. The number of nitrogens with two attached hydrogens (primary N) is 1. The molecule has 2 aromatic rings. The third-order valence-electron chi connectivity index (χ3n) is 3.27. The number of anilines is 1. The van der Waals surface area contributed by atoms with Crippen molar-refractivity contribution in [2.75, 3.05) is 18.9 Å². The summed E-state index contributed by atoms with van der Waals surface area (Å²) >= 11 is 0. The number of benzene rings is 1.